The van der Waals surface area contributed by atoms with Gasteiger partial charge < -0.3 is 19.5 Å². The summed E-state index contributed by atoms with van der Waals surface area (Å²) < 4.78 is 11.6. The summed E-state index contributed by atoms with van der Waals surface area (Å²) >= 11 is 0. The van der Waals surface area contributed by atoms with Crippen LogP contribution in [0.2, 0.25) is 0 Å². The number of rotatable bonds is 5. The van der Waals surface area contributed by atoms with Crippen LogP contribution in [0.15, 0.2) is 54.6 Å². The Morgan fingerprint density at radius 1 is 1.04 bits per heavy atom. The van der Waals surface area contributed by atoms with E-state index < -0.39 is 6.09 Å². The lowest BCUT2D eigenvalue weighted by atomic mass is 10.00. The molecule has 1 N–H and O–H groups in total. The normalized spacial score (nSPS) is 16.4. The molecule has 0 saturated carbocycles. The third kappa shape index (κ3) is 4.31. The maximum Gasteiger partial charge on any atom is 0.407 e. The highest BCUT2D eigenvalue weighted by atomic mass is 16.5. The van der Waals surface area contributed by atoms with Gasteiger partial charge in [-0.25, -0.2) is 4.79 Å². The molecule has 132 valence electrons. The fourth-order valence-electron chi connectivity index (χ4n) is 3.13. The van der Waals surface area contributed by atoms with Crippen molar-refractivity contribution in [2.75, 3.05) is 20.2 Å². The summed E-state index contributed by atoms with van der Waals surface area (Å²) in [5.74, 6) is 0.810. The van der Waals surface area contributed by atoms with Crippen molar-refractivity contribution in [1.29, 1.82) is 0 Å². The molecule has 25 heavy (non-hydrogen) atoms. The predicted octanol–water partition coefficient (Wildman–Crippen LogP) is 3.94. The zero-order valence-corrected chi connectivity index (χ0v) is 14.3. The van der Waals surface area contributed by atoms with Crippen LogP contribution in [0.5, 0.6) is 5.75 Å². The van der Waals surface area contributed by atoms with E-state index in [0.29, 0.717) is 25.9 Å². The Balaban J connectivity index is 1.76. The Labute approximate surface area is 147 Å². The summed E-state index contributed by atoms with van der Waals surface area (Å²) in [5, 5.41) is 9.09. The van der Waals surface area contributed by atoms with E-state index in [1.54, 1.807) is 7.11 Å². The number of piperidine rings is 1. The molecule has 1 fully saturated rings. The van der Waals surface area contributed by atoms with Crippen LogP contribution in [0.1, 0.15) is 30.1 Å². The summed E-state index contributed by atoms with van der Waals surface area (Å²) in [4.78, 5) is 12.5. The Bertz CT molecular complexity index is 679. The van der Waals surface area contributed by atoms with Crippen LogP contribution in [0.25, 0.3) is 0 Å². The highest BCUT2D eigenvalue weighted by Crippen LogP contribution is 2.31. The molecule has 5 heteroatoms. The lowest BCUT2D eigenvalue weighted by Crippen LogP contribution is -2.40. The van der Waals surface area contributed by atoms with E-state index in [2.05, 4.69) is 12.1 Å². The minimum Gasteiger partial charge on any atom is -0.497 e. The van der Waals surface area contributed by atoms with E-state index in [1.165, 1.54) is 4.90 Å². The Kier molecular flexibility index (Phi) is 5.56. The number of hydrogen-bond donors (Lipinski definition) is 1. The van der Waals surface area contributed by atoms with E-state index >= 15 is 0 Å². The quantitative estimate of drug-likeness (QED) is 0.895. The monoisotopic (exact) mass is 341 g/mol. The van der Waals surface area contributed by atoms with Gasteiger partial charge in [-0.1, -0.05) is 42.5 Å². The highest BCUT2D eigenvalue weighted by Gasteiger charge is 2.26. The predicted molar refractivity (Wildman–Crippen MR) is 95.0 cm³/mol. The molecule has 0 radical (unpaired) electrons. The second-order valence-corrected chi connectivity index (χ2v) is 6.17. The van der Waals surface area contributed by atoms with Gasteiger partial charge in [-0.15, -0.1) is 0 Å². The van der Waals surface area contributed by atoms with Gasteiger partial charge in [-0.2, -0.15) is 0 Å². The van der Waals surface area contributed by atoms with Gasteiger partial charge in [0.25, 0.3) is 0 Å². The van der Waals surface area contributed by atoms with E-state index in [9.17, 15) is 4.79 Å². The first-order valence-corrected chi connectivity index (χ1v) is 8.49. The summed E-state index contributed by atoms with van der Waals surface area (Å²) in [6, 6.07) is 18.0. The number of carboxylic acid groups (broad SMARTS) is 1. The van der Waals surface area contributed by atoms with Gasteiger partial charge in [-0.3, -0.25) is 0 Å². The van der Waals surface area contributed by atoms with Gasteiger partial charge in [0, 0.05) is 13.1 Å². The summed E-state index contributed by atoms with van der Waals surface area (Å²) in [6.07, 6.45) is 0.446. The fourth-order valence-corrected chi connectivity index (χ4v) is 3.13. The van der Waals surface area contributed by atoms with E-state index in [0.717, 1.165) is 16.9 Å². The van der Waals surface area contributed by atoms with Gasteiger partial charge in [0.15, 0.2) is 0 Å². The van der Waals surface area contributed by atoms with Crippen molar-refractivity contribution in [3.8, 4) is 5.75 Å². The maximum absolute atomic E-state index is 11.1. The topological polar surface area (TPSA) is 59.0 Å². The number of likely N-dealkylation sites (tertiary alicyclic amines) is 1. The first-order chi connectivity index (χ1) is 12.2. The molecule has 0 aromatic heterocycles. The van der Waals surface area contributed by atoms with Crippen LogP contribution in [-0.2, 0) is 4.74 Å². The van der Waals surface area contributed by atoms with Crippen LogP contribution < -0.4 is 4.74 Å². The highest BCUT2D eigenvalue weighted by molar-refractivity contribution is 5.65. The summed E-state index contributed by atoms with van der Waals surface area (Å²) in [7, 11) is 1.65. The summed E-state index contributed by atoms with van der Waals surface area (Å²) in [5.41, 5.74) is 2.15. The second-order valence-electron chi connectivity index (χ2n) is 6.17. The average Bonchev–Trinajstić information content (AvgIpc) is 2.67. The lowest BCUT2D eigenvalue weighted by Gasteiger charge is -2.32. The largest absolute Gasteiger partial charge is 0.497 e. The van der Waals surface area contributed by atoms with Crippen LogP contribution in [-0.4, -0.2) is 42.4 Å². The molecule has 1 atom stereocenters. The van der Waals surface area contributed by atoms with Crippen LogP contribution >= 0.6 is 0 Å². The molecule has 5 nitrogen and oxygen atoms in total. The number of amides is 1. The Morgan fingerprint density at radius 2 is 1.64 bits per heavy atom. The number of nitrogens with zero attached hydrogens (tertiary/aromatic N) is 1. The molecule has 1 heterocycles. The van der Waals surface area contributed by atoms with Crippen LogP contribution in [0.4, 0.5) is 4.79 Å². The van der Waals surface area contributed by atoms with Crippen molar-refractivity contribution >= 4 is 6.09 Å². The molecule has 0 spiro atoms. The van der Waals surface area contributed by atoms with Crippen molar-refractivity contribution in [3.05, 3.63) is 65.7 Å². The molecular formula is C20H23NO4. The SMILES string of the molecule is COc1ccc(C(OC2CCN(C(=O)O)CC2)c2ccccc2)cc1. The van der Waals surface area contributed by atoms with Crippen molar-refractivity contribution in [3.63, 3.8) is 0 Å². The maximum atomic E-state index is 11.1. The lowest BCUT2D eigenvalue weighted by molar-refractivity contribution is -0.0240. The first kappa shape index (κ1) is 17.3. The number of methoxy groups -OCH3 is 1. The molecule has 1 saturated heterocycles. The number of hydrogen-bond acceptors (Lipinski definition) is 3. The summed E-state index contributed by atoms with van der Waals surface area (Å²) in [6.45, 7) is 1.04. The van der Waals surface area contributed by atoms with E-state index in [4.69, 9.17) is 14.6 Å². The van der Waals surface area contributed by atoms with Gasteiger partial charge in [-0.05, 0) is 36.1 Å². The molecule has 2 aromatic rings. The zero-order chi connectivity index (χ0) is 17.6. The average molecular weight is 341 g/mol. The number of carbonyl (C=O) groups is 1. The number of ether oxygens (including phenoxy) is 2. The fraction of sp³-hybridized carbons (Fsp3) is 0.350. The van der Waals surface area contributed by atoms with Gasteiger partial charge in [0.05, 0.1) is 13.2 Å². The molecule has 1 unspecified atom stereocenters. The Hall–Kier alpha value is -2.53. The first-order valence-electron chi connectivity index (χ1n) is 8.49. The van der Waals surface area contributed by atoms with E-state index in [-0.39, 0.29) is 12.2 Å². The molecule has 0 bridgehead atoms. The molecule has 1 amide bonds. The van der Waals surface area contributed by atoms with Crippen molar-refractivity contribution < 1.29 is 19.4 Å². The Morgan fingerprint density at radius 3 is 2.20 bits per heavy atom. The third-order valence-corrected chi connectivity index (χ3v) is 4.56. The molecule has 3 rings (SSSR count). The van der Waals surface area contributed by atoms with Crippen LogP contribution in [0.3, 0.4) is 0 Å². The van der Waals surface area contributed by atoms with Crippen molar-refractivity contribution in [2.45, 2.75) is 25.0 Å². The van der Waals surface area contributed by atoms with Crippen molar-refractivity contribution in [1.82, 2.24) is 4.90 Å². The van der Waals surface area contributed by atoms with Crippen LogP contribution in [0, 0.1) is 0 Å². The molecular weight excluding hydrogens is 318 g/mol. The molecule has 0 aliphatic carbocycles. The number of benzene rings is 2. The van der Waals surface area contributed by atoms with Gasteiger partial charge >= 0.3 is 6.09 Å². The van der Waals surface area contributed by atoms with Gasteiger partial charge in [0.2, 0.25) is 0 Å². The molecule has 2 aromatic carbocycles. The standard InChI is InChI=1S/C20H23NO4/c1-24-17-9-7-16(8-10-17)19(15-5-3-2-4-6-15)25-18-11-13-21(14-12-18)20(22)23/h2-10,18-19H,11-14H2,1H3,(H,22,23). The van der Waals surface area contributed by atoms with E-state index in [1.807, 2.05) is 42.5 Å². The van der Waals surface area contributed by atoms with Gasteiger partial charge in [0.1, 0.15) is 11.9 Å². The smallest absolute Gasteiger partial charge is 0.407 e. The second kappa shape index (κ2) is 8.03. The molecule has 1 aliphatic rings. The zero-order valence-electron chi connectivity index (χ0n) is 14.3. The molecule has 1 aliphatic heterocycles. The minimum absolute atomic E-state index is 0.0444. The minimum atomic E-state index is -0.854. The third-order valence-electron chi connectivity index (χ3n) is 4.56. The van der Waals surface area contributed by atoms with Crippen molar-refractivity contribution in [2.24, 2.45) is 0 Å².